The molecule has 11 nitrogen and oxygen atoms in total. The summed E-state index contributed by atoms with van der Waals surface area (Å²) in [6.07, 6.45) is -6.94. The number of aromatic nitrogens is 2. The van der Waals surface area contributed by atoms with E-state index in [4.69, 9.17) is 9.26 Å². The molecule has 1 saturated heterocycles. The molecule has 11 heteroatoms. The minimum Gasteiger partial charge on any atom is -0.394 e. The summed E-state index contributed by atoms with van der Waals surface area (Å²) in [5.74, 6) is -0.0629. The summed E-state index contributed by atoms with van der Waals surface area (Å²) >= 11 is 0. The average molecular weight is 353 g/mol. The Morgan fingerprint density at radius 2 is 1.80 bits per heavy atom. The highest BCUT2D eigenvalue weighted by atomic mass is 16.6. The number of nitro benzene ring substituents is 1. The Kier molecular flexibility index (Phi) is 4.74. The van der Waals surface area contributed by atoms with Gasteiger partial charge in [0.2, 0.25) is 5.82 Å². The first-order chi connectivity index (χ1) is 11.9. The highest BCUT2D eigenvalue weighted by Crippen LogP contribution is 2.32. The van der Waals surface area contributed by atoms with Crippen molar-refractivity contribution in [1.29, 1.82) is 0 Å². The maximum atomic E-state index is 10.7. The van der Waals surface area contributed by atoms with Crippen LogP contribution in [-0.2, 0) is 4.74 Å². The Hall–Kier alpha value is -2.44. The molecule has 3 rings (SSSR count). The second kappa shape index (κ2) is 6.82. The van der Waals surface area contributed by atoms with Gasteiger partial charge >= 0.3 is 0 Å². The Labute approximate surface area is 140 Å². The second-order valence-corrected chi connectivity index (χ2v) is 5.51. The van der Waals surface area contributed by atoms with Crippen molar-refractivity contribution in [3.8, 4) is 11.4 Å². The largest absolute Gasteiger partial charge is 0.394 e. The van der Waals surface area contributed by atoms with Gasteiger partial charge in [0.25, 0.3) is 11.6 Å². The fourth-order valence-corrected chi connectivity index (χ4v) is 2.51. The van der Waals surface area contributed by atoms with E-state index in [-0.39, 0.29) is 17.4 Å². The van der Waals surface area contributed by atoms with Gasteiger partial charge in [-0.3, -0.25) is 10.1 Å². The number of hydrogen-bond acceptors (Lipinski definition) is 10. The summed E-state index contributed by atoms with van der Waals surface area (Å²) in [4.78, 5) is 14.2. The summed E-state index contributed by atoms with van der Waals surface area (Å²) in [5, 5.41) is 53.1. The Balaban J connectivity index is 1.84. The molecule has 0 unspecified atom stereocenters. The van der Waals surface area contributed by atoms with Gasteiger partial charge in [0.1, 0.15) is 24.4 Å². The van der Waals surface area contributed by atoms with Gasteiger partial charge in [0, 0.05) is 17.7 Å². The van der Waals surface area contributed by atoms with E-state index in [0.29, 0.717) is 5.56 Å². The van der Waals surface area contributed by atoms with E-state index in [0.717, 1.165) is 0 Å². The standard InChI is InChI=1S/C14H15N3O8/c18-5-8-9(19)10(20)11(21)12(24-8)14-15-13(16-25-14)6-1-3-7(4-2-6)17(22)23/h1-4,8-12,18-21H,5H2/t8-,9-,10+,11-,12-/m1/s1. The fraction of sp³-hybridized carbons (Fsp3) is 0.429. The van der Waals surface area contributed by atoms with Gasteiger partial charge in [-0.25, -0.2) is 0 Å². The smallest absolute Gasteiger partial charge is 0.269 e. The lowest BCUT2D eigenvalue weighted by Crippen LogP contribution is -2.55. The van der Waals surface area contributed by atoms with E-state index in [1.54, 1.807) is 0 Å². The summed E-state index contributed by atoms with van der Waals surface area (Å²) < 4.78 is 10.3. The number of hydrogen-bond donors (Lipinski definition) is 4. The zero-order valence-electron chi connectivity index (χ0n) is 12.7. The van der Waals surface area contributed by atoms with Crippen molar-refractivity contribution in [3.63, 3.8) is 0 Å². The van der Waals surface area contributed by atoms with Gasteiger partial charge in [-0.1, -0.05) is 5.16 Å². The third-order valence-electron chi connectivity index (χ3n) is 3.91. The van der Waals surface area contributed by atoms with Crippen LogP contribution >= 0.6 is 0 Å². The highest BCUT2D eigenvalue weighted by Gasteiger charge is 2.46. The molecule has 1 aromatic carbocycles. The number of benzene rings is 1. The number of aliphatic hydroxyl groups excluding tert-OH is 4. The van der Waals surface area contributed by atoms with Gasteiger partial charge in [-0.2, -0.15) is 4.98 Å². The Bertz CT molecular complexity index is 747. The number of nitrogens with zero attached hydrogens (tertiary/aromatic N) is 3. The van der Waals surface area contributed by atoms with Crippen molar-refractivity contribution in [2.45, 2.75) is 30.5 Å². The fourth-order valence-electron chi connectivity index (χ4n) is 2.51. The van der Waals surface area contributed by atoms with Crippen molar-refractivity contribution in [1.82, 2.24) is 10.1 Å². The molecule has 25 heavy (non-hydrogen) atoms. The molecule has 0 aliphatic carbocycles. The van der Waals surface area contributed by atoms with E-state index in [1.807, 2.05) is 0 Å². The molecule has 1 aliphatic rings. The molecular formula is C14H15N3O8. The molecule has 0 spiro atoms. The second-order valence-electron chi connectivity index (χ2n) is 5.51. The Morgan fingerprint density at radius 1 is 1.12 bits per heavy atom. The lowest BCUT2D eigenvalue weighted by atomic mass is 9.95. The minimum atomic E-state index is -1.56. The van der Waals surface area contributed by atoms with Crippen LogP contribution in [0.25, 0.3) is 11.4 Å². The van der Waals surface area contributed by atoms with Crippen LogP contribution in [0.4, 0.5) is 5.69 Å². The third kappa shape index (κ3) is 3.23. The SMILES string of the molecule is O=[N+]([O-])c1ccc(-c2noc([C@@H]3O[C@H](CO)[C@@H](O)[C@H](O)[C@H]3O)n2)cc1. The lowest BCUT2D eigenvalue weighted by molar-refractivity contribution is -0.384. The number of nitro groups is 1. The van der Waals surface area contributed by atoms with Crippen LogP contribution in [0.1, 0.15) is 12.0 Å². The van der Waals surface area contributed by atoms with Crippen molar-refractivity contribution in [3.05, 3.63) is 40.3 Å². The molecule has 4 N–H and O–H groups in total. The van der Waals surface area contributed by atoms with Crippen molar-refractivity contribution in [2.75, 3.05) is 6.61 Å². The first-order valence-electron chi connectivity index (χ1n) is 7.31. The molecule has 2 aromatic rings. The third-order valence-corrected chi connectivity index (χ3v) is 3.91. The Morgan fingerprint density at radius 3 is 2.40 bits per heavy atom. The molecule has 0 saturated carbocycles. The maximum absolute atomic E-state index is 10.7. The molecule has 0 radical (unpaired) electrons. The van der Waals surface area contributed by atoms with Crippen LogP contribution in [-0.4, -0.2) is 66.5 Å². The summed E-state index contributed by atoms with van der Waals surface area (Å²) in [5.41, 5.74) is 0.339. The van der Waals surface area contributed by atoms with Crippen LogP contribution in [0.3, 0.4) is 0 Å². The number of non-ortho nitro benzene ring substituents is 1. The molecular weight excluding hydrogens is 338 g/mol. The number of ether oxygens (including phenoxy) is 1. The predicted octanol–water partition coefficient (Wildman–Crippen LogP) is -0.840. The van der Waals surface area contributed by atoms with Crippen molar-refractivity contribution in [2.24, 2.45) is 0 Å². The van der Waals surface area contributed by atoms with Gasteiger partial charge in [-0.05, 0) is 12.1 Å². The molecule has 5 atom stereocenters. The monoisotopic (exact) mass is 353 g/mol. The van der Waals surface area contributed by atoms with Crippen LogP contribution in [0.5, 0.6) is 0 Å². The quantitative estimate of drug-likeness (QED) is 0.401. The predicted molar refractivity (Wildman–Crippen MR) is 79.1 cm³/mol. The van der Waals surface area contributed by atoms with Gasteiger partial charge in [0.05, 0.1) is 11.5 Å². The highest BCUT2D eigenvalue weighted by molar-refractivity contribution is 5.56. The first kappa shape index (κ1) is 17.4. The maximum Gasteiger partial charge on any atom is 0.269 e. The first-order valence-corrected chi connectivity index (χ1v) is 7.31. The summed E-state index contributed by atoms with van der Waals surface area (Å²) in [6.45, 7) is -0.579. The van der Waals surface area contributed by atoms with Crippen molar-refractivity contribution >= 4 is 5.69 Å². The van der Waals surface area contributed by atoms with Crippen molar-refractivity contribution < 1.29 is 34.6 Å². The van der Waals surface area contributed by atoms with E-state index in [1.165, 1.54) is 24.3 Å². The molecule has 134 valence electrons. The van der Waals surface area contributed by atoms with Gasteiger partial charge in [-0.15, -0.1) is 0 Å². The summed E-state index contributed by atoms with van der Waals surface area (Å²) in [7, 11) is 0. The van der Waals surface area contributed by atoms with Gasteiger partial charge in [0.15, 0.2) is 6.10 Å². The number of aliphatic hydroxyl groups is 4. The molecule has 0 amide bonds. The number of rotatable bonds is 4. The molecule has 1 fully saturated rings. The van der Waals surface area contributed by atoms with Crippen LogP contribution in [0.15, 0.2) is 28.8 Å². The molecule has 0 bridgehead atoms. The topological polar surface area (TPSA) is 172 Å². The van der Waals surface area contributed by atoms with Crippen LogP contribution < -0.4 is 0 Å². The van der Waals surface area contributed by atoms with E-state index < -0.39 is 42.1 Å². The van der Waals surface area contributed by atoms with E-state index in [2.05, 4.69) is 10.1 Å². The van der Waals surface area contributed by atoms with Gasteiger partial charge < -0.3 is 29.7 Å². The zero-order valence-corrected chi connectivity index (χ0v) is 12.7. The van der Waals surface area contributed by atoms with E-state index >= 15 is 0 Å². The molecule has 1 aliphatic heterocycles. The summed E-state index contributed by atoms with van der Waals surface area (Å²) in [6, 6.07) is 5.42. The lowest BCUT2D eigenvalue weighted by Gasteiger charge is -2.38. The van der Waals surface area contributed by atoms with E-state index in [9.17, 15) is 30.5 Å². The zero-order chi connectivity index (χ0) is 18.1. The van der Waals surface area contributed by atoms with Crippen LogP contribution in [0, 0.1) is 10.1 Å². The molecule has 2 heterocycles. The molecule has 1 aromatic heterocycles. The normalized spacial score (nSPS) is 29.5. The van der Waals surface area contributed by atoms with Crippen LogP contribution in [0.2, 0.25) is 0 Å². The minimum absolute atomic E-state index is 0.0959. The average Bonchev–Trinajstić information content (AvgIpc) is 3.10.